The molecule has 0 bridgehead atoms. The number of β-amino-alcohol motifs (C(OH)–C–C–N with tert-alkyl or cyclic N) is 2. The van der Waals surface area contributed by atoms with Gasteiger partial charge >= 0.3 is 0 Å². The lowest BCUT2D eigenvalue weighted by molar-refractivity contribution is -0.144. The number of benzene rings is 2. The highest BCUT2D eigenvalue weighted by molar-refractivity contribution is 7.13. The van der Waals surface area contributed by atoms with E-state index in [1.54, 1.807) is 33.7 Å². The Morgan fingerprint density at radius 3 is 1.19 bits per heavy atom. The van der Waals surface area contributed by atoms with Crippen molar-refractivity contribution >= 4 is 58.1 Å². The van der Waals surface area contributed by atoms with Gasteiger partial charge in [0.25, 0.3) is 0 Å². The van der Waals surface area contributed by atoms with Crippen molar-refractivity contribution in [3.8, 4) is 20.9 Å². The quantitative estimate of drug-likeness (QED) is 0.0444. The van der Waals surface area contributed by atoms with Gasteiger partial charge in [0.15, 0.2) is 0 Å². The Balaban J connectivity index is 0.795. The average molecular weight is 1140 g/mol. The van der Waals surface area contributed by atoms with Crippen molar-refractivity contribution in [3.05, 3.63) is 82.1 Å². The number of aliphatic hydroxyl groups excluding tert-OH is 2. The normalized spacial score (nSPS) is 18.3. The number of ether oxygens (including phenoxy) is 5. The van der Waals surface area contributed by atoms with Crippen molar-refractivity contribution in [1.82, 2.24) is 41.0 Å². The molecule has 0 unspecified atom stereocenters. The zero-order valence-corrected chi connectivity index (χ0v) is 48.2. The molecule has 2 aliphatic heterocycles. The van der Waals surface area contributed by atoms with Crippen molar-refractivity contribution < 1.29 is 62.7 Å². The van der Waals surface area contributed by atoms with Crippen LogP contribution in [0.2, 0.25) is 0 Å². The summed E-state index contributed by atoms with van der Waals surface area (Å²) in [5.74, 6) is -2.75. The molecule has 2 fully saturated rings. The molecule has 2 aromatic carbocycles. The summed E-state index contributed by atoms with van der Waals surface area (Å²) in [6, 6.07) is 11.8. The molecule has 2 aromatic heterocycles. The molecule has 23 heteroatoms. The minimum atomic E-state index is -0.995. The number of hydrogen-bond donors (Lipinski definition) is 6. The van der Waals surface area contributed by atoms with E-state index in [1.165, 1.54) is 9.80 Å². The second-order valence-corrected chi connectivity index (χ2v) is 23.5. The van der Waals surface area contributed by atoms with Gasteiger partial charge in [0, 0.05) is 39.0 Å². The lowest BCUT2D eigenvalue weighted by Gasteiger charge is -2.35. The van der Waals surface area contributed by atoms with E-state index >= 15 is 0 Å². The molecular formula is C56H78N8O13S2. The van der Waals surface area contributed by atoms with Gasteiger partial charge in [-0.2, -0.15) is 0 Å². The van der Waals surface area contributed by atoms with Gasteiger partial charge in [-0.3, -0.25) is 28.8 Å². The molecule has 0 spiro atoms. The standard InChI is InChI=1S/C56H78N8O13S2/c1-35-47(78-33-59-35)39-13-9-37(10-14-39)27-57-51(69)43-25-41(65)29-63(43)53(71)49(55(3,4)5)61-45(67)31-76-23-21-74-19-17-73-18-20-75-22-24-77-32-46(68)62-50(56(6,7)8)54(72)64-30-42(66)26-44(64)52(70)58-28-38-11-15-40(16-12-38)48-36(2)60-34-79-48/h9-16,33-34,41-44,49-50,65-66H,17-32H2,1-8H3,(H,57,69)(H,58,70)(H,61,67)(H,62,68)/t41-,42-,43-,44+,49+,50-/m1/s1. The summed E-state index contributed by atoms with van der Waals surface area (Å²) in [5.41, 5.74) is 7.88. The van der Waals surface area contributed by atoms with Crippen molar-refractivity contribution in [2.24, 2.45) is 10.8 Å². The molecule has 0 radical (unpaired) electrons. The molecule has 2 aliphatic rings. The second kappa shape index (κ2) is 29.6. The van der Waals surface area contributed by atoms with Gasteiger partial charge in [-0.05, 0) is 46.9 Å². The number of likely N-dealkylation sites (tertiary alicyclic amines) is 2. The summed E-state index contributed by atoms with van der Waals surface area (Å²) in [6.45, 7) is 16.2. The topological polar surface area (TPSA) is 269 Å². The van der Waals surface area contributed by atoms with Crippen LogP contribution in [0.4, 0.5) is 0 Å². The number of aryl methyl sites for hydroxylation is 2. The maximum Gasteiger partial charge on any atom is 0.246 e. The molecule has 6 amide bonds. The van der Waals surface area contributed by atoms with Crippen LogP contribution in [0.1, 0.15) is 76.9 Å². The molecule has 4 aromatic rings. The third-order valence-electron chi connectivity index (χ3n) is 13.4. The number of rotatable bonds is 28. The van der Waals surface area contributed by atoms with E-state index in [4.69, 9.17) is 23.7 Å². The molecular weight excluding hydrogens is 1060 g/mol. The molecule has 432 valence electrons. The summed E-state index contributed by atoms with van der Waals surface area (Å²) >= 11 is 3.12. The van der Waals surface area contributed by atoms with Crippen LogP contribution in [0, 0.1) is 24.7 Å². The Kier molecular flexibility index (Phi) is 23.4. The fourth-order valence-electron chi connectivity index (χ4n) is 9.07. The van der Waals surface area contributed by atoms with Crippen LogP contribution < -0.4 is 21.3 Å². The summed E-state index contributed by atoms with van der Waals surface area (Å²) in [4.78, 5) is 94.2. The third kappa shape index (κ3) is 18.7. The van der Waals surface area contributed by atoms with Crippen molar-refractivity contribution in [2.45, 2.75) is 118 Å². The van der Waals surface area contributed by atoms with E-state index in [9.17, 15) is 39.0 Å². The van der Waals surface area contributed by atoms with Crippen LogP contribution in [0.25, 0.3) is 20.9 Å². The fourth-order valence-corrected chi connectivity index (χ4v) is 10.7. The zero-order valence-electron chi connectivity index (χ0n) is 46.5. The van der Waals surface area contributed by atoms with Crippen LogP contribution in [-0.4, -0.2) is 181 Å². The molecule has 6 atom stereocenters. The minimum Gasteiger partial charge on any atom is -0.391 e. The van der Waals surface area contributed by atoms with Crippen LogP contribution >= 0.6 is 22.7 Å². The van der Waals surface area contributed by atoms with Crippen molar-refractivity contribution in [3.63, 3.8) is 0 Å². The highest BCUT2D eigenvalue weighted by Gasteiger charge is 2.46. The number of nitrogens with zero attached hydrogens (tertiary/aromatic N) is 4. The molecule has 0 aliphatic carbocycles. The summed E-state index contributed by atoms with van der Waals surface area (Å²) in [7, 11) is 0. The first-order valence-electron chi connectivity index (χ1n) is 26.6. The Bertz CT molecular complexity index is 2460. The monoisotopic (exact) mass is 1130 g/mol. The predicted molar refractivity (Wildman–Crippen MR) is 297 cm³/mol. The smallest absolute Gasteiger partial charge is 0.246 e. The zero-order chi connectivity index (χ0) is 57.3. The minimum absolute atomic E-state index is 0.0389. The maximum absolute atomic E-state index is 14.0. The SMILES string of the molecule is Cc1ncsc1-c1ccc(CNC(=O)[C@H]2C[C@@H](O)CN2C(=O)[C@H](NC(=O)COCCOCCOCCOCCOCC(=O)N[C@H](C(=O)N2C[C@H](O)C[C@H]2C(=O)NCc2ccc(-c3scnc3C)cc2)C(C)(C)C)C(C)(C)C)cc1. The van der Waals surface area contributed by atoms with Crippen LogP contribution in [-0.2, 0) is 65.5 Å². The first-order chi connectivity index (χ1) is 37.6. The average Bonchev–Trinajstić information content (AvgIpc) is 4.28. The number of hydrogen-bond acceptors (Lipinski definition) is 17. The van der Waals surface area contributed by atoms with Crippen LogP contribution in [0.15, 0.2) is 59.6 Å². The predicted octanol–water partition coefficient (Wildman–Crippen LogP) is 3.55. The number of nitrogens with one attached hydrogen (secondary N) is 4. The van der Waals surface area contributed by atoms with Gasteiger partial charge in [0.2, 0.25) is 35.4 Å². The van der Waals surface area contributed by atoms with Gasteiger partial charge in [-0.1, -0.05) is 90.1 Å². The van der Waals surface area contributed by atoms with Gasteiger partial charge in [0.05, 0.1) is 97.2 Å². The van der Waals surface area contributed by atoms with E-state index in [0.29, 0.717) is 0 Å². The summed E-state index contributed by atoms with van der Waals surface area (Å²) in [5, 5.41) is 32.5. The number of amides is 6. The van der Waals surface area contributed by atoms with E-state index in [-0.39, 0.29) is 105 Å². The number of carbonyl (C=O) groups is 6. The largest absolute Gasteiger partial charge is 0.391 e. The van der Waals surface area contributed by atoms with Crippen molar-refractivity contribution in [2.75, 3.05) is 79.2 Å². The van der Waals surface area contributed by atoms with Crippen molar-refractivity contribution in [1.29, 1.82) is 0 Å². The van der Waals surface area contributed by atoms with Gasteiger partial charge < -0.3 is 65.0 Å². The Morgan fingerprint density at radius 1 is 0.557 bits per heavy atom. The van der Waals surface area contributed by atoms with E-state index in [2.05, 4.69) is 31.2 Å². The Hall–Kier alpha value is -5.76. The van der Waals surface area contributed by atoms with E-state index in [1.807, 2.05) is 104 Å². The van der Waals surface area contributed by atoms with E-state index in [0.717, 1.165) is 43.4 Å². The molecule has 0 saturated carbocycles. The lowest BCUT2D eigenvalue weighted by atomic mass is 9.85. The number of thiazole rings is 2. The van der Waals surface area contributed by atoms with Crippen LogP contribution in [0.3, 0.4) is 0 Å². The summed E-state index contributed by atoms with van der Waals surface area (Å²) < 4.78 is 27.7. The molecule has 6 N–H and O–H groups in total. The fraction of sp³-hybridized carbons (Fsp3) is 0.571. The first-order valence-corrected chi connectivity index (χ1v) is 28.3. The molecule has 21 nitrogen and oxygen atoms in total. The Labute approximate surface area is 470 Å². The molecule has 79 heavy (non-hydrogen) atoms. The highest BCUT2D eigenvalue weighted by Crippen LogP contribution is 2.31. The van der Waals surface area contributed by atoms with Crippen LogP contribution in [0.5, 0.6) is 0 Å². The number of aromatic nitrogens is 2. The third-order valence-corrected chi connectivity index (χ3v) is 15.3. The van der Waals surface area contributed by atoms with Gasteiger partial charge in [-0.15, -0.1) is 22.7 Å². The highest BCUT2D eigenvalue weighted by atomic mass is 32.1. The van der Waals surface area contributed by atoms with E-state index < -0.39 is 82.6 Å². The summed E-state index contributed by atoms with van der Waals surface area (Å²) in [6.07, 6.45) is -1.63. The Morgan fingerprint density at radius 2 is 0.886 bits per heavy atom. The second-order valence-electron chi connectivity index (χ2n) is 21.8. The molecule has 2 saturated heterocycles. The lowest BCUT2D eigenvalue weighted by Crippen LogP contribution is -2.58. The van der Waals surface area contributed by atoms with Gasteiger partial charge in [0.1, 0.15) is 37.4 Å². The number of aliphatic hydroxyl groups is 2. The maximum atomic E-state index is 14.0. The molecule has 4 heterocycles. The number of carbonyl (C=O) groups excluding carboxylic acids is 6. The molecule has 6 rings (SSSR count). The van der Waals surface area contributed by atoms with Gasteiger partial charge in [-0.25, -0.2) is 9.97 Å². The first kappa shape index (κ1) is 62.4.